The van der Waals surface area contributed by atoms with E-state index in [0.717, 1.165) is 24.8 Å². The second-order valence-corrected chi connectivity index (χ2v) is 5.97. The van der Waals surface area contributed by atoms with E-state index in [9.17, 15) is 9.59 Å². The van der Waals surface area contributed by atoms with E-state index in [0.29, 0.717) is 10.2 Å². The number of aromatic nitrogens is 1. The largest absolute Gasteiger partial charge is 0.317 e. The Bertz CT molecular complexity index is 594. The van der Waals surface area contributed by atoms with E-state index >= 15 is 0 Å². The number of hydrogen-bond donors (Lipinski definition) is 0. The Balaban J connectivity index is 2.85. The van der Waals surface area contributed by atoms with E-state index in [4.69, 9.17) is 0 Å². The molecule has 1 unspecified atom stereocenters. The first-order valence-electron chi connectivity index (χ1n) is 6.61. The maximum atomic E-state index is 12.5. The Hall–Kier alpha value is -1.10. The highest BCUT2D eigenvalue weighted by molar-refractivity contribution is 9.10. The van der Waals surface area contributed by atoms with Crippen molar-refractivity contribution in [1.82, 2.24) is 9.47 Å². The summed E-state index contributed by atoms with van der Waals surface area (Å²) in [6, 6.07) is 1.73. The number of rotatable bonds is 3. The minimum atomic E-state index is -0.521. The molecule has 1 amide bonds. The fourth-order valence-electron chi connectivity index (χ4n) is 3.12. The summed E-state index contributed by atoms with van der Waals surface area (Å²) in [7, 11) is 1.79. The Labute approximate surface area is 121 Å². The first-order chi connectivity index (χ1) is 8.90. The van der Waals surface area contributed by atoms with Crippen molar-refractivity contribution in [3.05, 3.63) is 32.2 Å². The molecule has 2 rings (SSSR count). The third-order valence-electron chi connectivity index (χ3n) is 4.11. The van der Waals surface area contributed by atoms with Crippen molar-refractivity contribution in [1.29, 1.82) is 0 Å². The van der Waals surface area contributed by atoms with Gasteiger partial charge in [0.2, 0.25) is 0 Å². The van der Waals surface area contributed by atoms with Gasteiger partial charge in [-0.15, -0.1) is 0 Å². The molecule has 0 bridgehead atoms. The van der Waals surface area contributed by atoms with Gasteiger partial charge in [-0.05, 0) is 47.3 Å². The molecule has 19 heavy (non-hydrogen) atoms. The molecule has 0 aliphatic carbocycles. The number of carbonyl (C=O) groups excluding carboxylic acids is 1. The zero-order valence-electron chi connectivity index (χ0n) is 11.8. The summed E-state index contributed by atoms with van der Waals surface area (Å²) in [5, 5.41) is 0. The summed E-state index contributed by atoms with van der Waals surface area (Å²) in [5.41, 5.74) is 0.738. The van der Waals surface area contributed by atoms with Gasteiger partial charge < -0.3 is 4.90 Å². The van der Waals surface area contributed by atoms with Crippen LogP contribution in [0, 0.1) is 6.92 Å². The molecule has 1 aliphatic heterocycles. The zero-order valence-corrected chi connectivity index (χ0v) is 13.4. The van der Waals surface area contributed by atoms with Crippen LogP contribution in [-0.4, -0.2) is 22.4 Å². The third-order valence-corrected chi connectivity index (χ3v) is 4.68. The average Bonchev–Trinajstić information content (AvgIpc) is 2.59. The van der Waals surface area contributed by atoms with Gasteiger partial charge in [0.05, 0.1) is 4.47 Å². The molecule has 2 heterocycles. The normalized spacial score (nSPS) is 21.9. The summed E-state index contributed by atoms with van der Waals surface area (Å²) < 4.78 is 2.21. The zero-order chi connectivity index (χ0) is 14.4. The van der Waals surface area contributed by atoms with Crippen molar-refractivity contribution in [2.45, 2.75) is 45.7 Å². The van der Waals surface area contributed by atoms with E-state index in [1.54, 1.807) is 22.6 Å². The number of nitrogens with zero attached hydrogens (tertiary/aromatic N) is 2. The lowest BCUT2D eigenvalue weighted by molar-refractivity contribution is 0.0409. The second-order valence-electron chi connectivity index (χ2n) is 5.11. The predicted molar refractivity (Wildman–Crippen MR) is 78.4 cm³/mol. The molecule has 5 heteroatoms. The summed E-state index contributed by atoms with van der Waals surface area (Å²) in [5.74, 6) is -0.0580. The lowest BCUT2D eigenvalue weighted by Gasteiger charge is -2.36. The molecule has 1 aromatic heterocycles. The molecule has 0 saturated heterocycles. The third kappa shape index (κ3) is 1.78. The number of hydrogen-bond acceptors (Lipinski definition) is 2. The van der Waals surface area contributed by atoms with E-state index in [1.165, 1.54) is 0 Å². The van der Waals surface area contributed by atoms with Crippen LogP contribution >= 0.6 is 15.9 Å². The van der Waals surface area contributed by atoms with E-state index in [-0.39, 0.29) is 11.5 Å². The van der Waals surface area contributed by atoms with Crippen LogP contribution in [0.2, 0.25) is 0 Å². The number of fused-ring (bicyclic) bond motifs is 1. The van der Waals surface area contributed by atoms with Gasteiger partial charge in [-0.3, -0.25) is 14.2 Å². The molecule has 0 N–H and O–H groups in total. The fraction of sp³-hybridized carbons (Fsp3) is 0.571. The summed E-state index contributed by atoms with van der Waals surface area (Å²) in [6.07, 6.45) is 2.43. The van der Waals surface area contributed by atoms with Crippen LogP contribution < -0.4 is 5.56 Å². The molecule has 1 atom stereocenters. The molecule has 1 aromatic rings. The smallest absolute Gasteiger partial charge is 0.272 e. The topological polar surface area (TPSA) is 42.3 Å². The van der Waals surface area contributed by atoms with Gasteiger partial charge in [0.15, 0.2) is 0 Å². The van der Waals surface area contributed by atoms with Gasteiger partial charge >= 0.3 is 0 Å². The quantitative estimate of drug-likeness (QED) is 0.857. The van der Waals surface area contributed by atoms with Crippen molar-refractivity contribution in [2.75, 3.05) is 7.05 Å². The maximum Gasteiger partial charge on any atom is 0.272 e. The van der Waals surface area contributed by atoms with Crippen LogP contribution in [0.15, 0.2) is 15.3 Å². The van der Waals surface area contributed by atoms with Gasteiger partial charge in [0.1, 0.15) is 11.4 Å². The lowest BCUT2D eigenvalue weighted by atomic mass is 10.00. The fourth-order valence-corrected chi connectivity index (χ4v) is 3.64. The molecule has 0 aromatic carbocycles. The first kappa shape index (κ1) is 14.3. The SMILES string of the molecule is CCCC1(CC)N(C)C(=O)c2c(C)cc(Br)c(=O)n21. The van der Waals surface area contributed by atoms with Crippen molar-refractivity contribution in [3.63, 3.8) is 0 Å². The summed E-state index contributed by atoms with van der Waals surface area (Å²) >= 11 is 3.31. The second kappa shape index (κ2) is 4.78. The number of carbonyl (C=O) groups is 1. The monoisotopic (exact) mass is 326 g/mol. The number of amides is 1. The standard InChI is InChI=1S/C14H19BrN2O2/c1-5-7-14(6-2)16(4)13(19)11-9(3)8-10(15)12(18)17(11)14/h8H,5-7H2,1-4H3. The highest BCUT2D eigenvalue weighted by Gasteiger charge is 2.47. The highest BCUT2D eigenvalue weighted by Crippen LogP contribution is 2.38. The molecule has 0 saturated carbocycles. The molecule has 104 valence electrons. The molecule has 0 spiro atoms. The Morgan fingerprint density at radius 1 is 1.32 bits per heavy atom. The highest BCUT2D eigenvalue weighted by atomic mass is 79.9. The van der Waals surface area contributed by atoms with Crippen molar-refractivity contribution < 1.29 is 4.79 Å². The van der Waals surface area contributed by atoms with Gasteiger partial charge in [0.25, 0.3) is 11.5 Å². The predicted octanol–water partition coefficient (Wildman–Crippen LogP) is 2.87. The van der Waals surface area contributed by atoms with E-state index in [2.05, 4.69) is 22.9 Å². The first-order valence-corrected chi connectivity index (χ1v) is 7.40. The van der Waals surface area contributed by atoms with Crippen molar-refractivity contribution in [3.8, 4) is 0 Å². The summed E-state index contributed by atoms with van der Waals surface area (Å²) in [4.78, 5) is 26.7. The number of halogens is 1. The lowest BCUT2D eigenvalue weighted by Crippen LogP contribution is -2.47. The number of pyridine rings is 1. The van der Waals surface area contributed by atoms with Crippen LogP contribution in [0.1, 0.15) is 49.2 Å². The molecular formula is C14H19BrN2O2. The van der Waals surface area contributed by atoms with Crippen LogP contribution in [0.4, 0.5) is 0 Å². The van der Waals surface area contributed by atoms with E-state index < -0.39 is 5.66 Å². The minimum absolute atomic E-state index is 0.0580. The Kier molecular flexibility index (Phi) is 3.60. The molecular weight excluding hydrogens is 308 g/mol. The van der Waals surface area contributed by atoms with Crippen LogP contribution in [0.25, 0.3) is 0 Å². The molecule has 0 radical (unpaired) electrons. The number of aryl methyl sites for hydroxylation is 1. The molecule has 4 nitrogen and oxygen atoms in total. The Morgan fingerprint density at radius 2 is 1.95 bits per heavy atom. The van der Waals surface area contributed by atoms with Gasteiger partial charge in [0, 0.05) is 7.05 Å². The van der Waals surface area contributed by atoms with Gasteiger partial charge in [-0.1, -0.05) is 20.3 Å². The van der Waals surface area contributed by atoms with Crippen LogP contribution in [0.3, 0.4) is 0 Å². The maximum absolute atomic E-state index is 12.5. The van der Waals surface area contributed by atoms with Gasteiger partial charge in [-0.25, -0.2) is 0 Å². The average molecular weight is 327 g/mol. The van der Waals surface area contributed by atoms with Crippen molar-refractivity contribution in [2.24, 2.45) is 0 Å². The molecule has 0 fully saturated rings. The minimum Gasteiger partial charge on any atom is -0.317 e. The summed E-state index contributed by atoms with van der Waals surface area (Å²) in [6.45, 7) is 5.97. The van der Waals surface area contributed by atoms with Crippen molar-refractivity contribution >= 4 is 21.8 Å². The van der Waals surface area contributed by atoms with Crippen LogP contribution in [0.5, 0.6) is 0 Å². The van der Waals surface area contributed by atoms with Gasteiger partial charge in [-0.2, -0.15) is 0 Å². The van der Waals surface area contributed by atoms with E-state index in [1.807, 2.05) is 13.8 Å². The molecule has 1 aliphatic rings. The Morgan fingerprint density at radius 3 is 2.47 bits per heavy atom. The van der Waals surface area contributed by atoms with Crippen LogP contribution in [-0.2, 0) is 5.66 Å².